The summed E-state index contributed by atoms with van der Waals surface area (Å²) in [5.74, 6) is 1.89. The van der Waals surface area contributed by atoms with Gasteiger partial charge in [0.15, 0.2) is 17.5 Å². The van der Waals surface area contributed by atoms with E-state index in [1.807, 2.05) is 18.2 Å². The summed E-state index contributed by atoms with van der Waals surface area (Å²) in [6, 6.07) is 75.8. The average Bonchev–Trinajstić information content (AvgIpc) is 3.85. The first kappa shape index (κ1) is 34.5. The van der Waals surface area contributed by atoms with Crippen molar-refractivity contribution in [1.29, 1.82) is 0 Å². The van der Waals surface area contributed by atoms with E-state index in [9.17, 15) is 0 Å². The van der Waals surface area contributed by atoms with Crippen molar-refractivity contribution >= 4 is 75.9 Å². The second kappa shape index (κ2) is 13.6. The van der Waals surface area contributed by atoms with Gasteiger partial charge in [-0.05, 0) is 86.9 Å². The lowest BCUT2D eigenvalue weighted by Gasteiger charge is -2.15. The number of aromatic nitrogens is 5. The lowest BCUT2D eigenvalue weighted by atomic mass is 10.0. The molecule has 3 heterocycles. The predicted octanol–water partition coefficient (Wildman–Crippen LogP) is 14.5. The third kappa shape index (κ3) is 5.32. The first-order chi connectivity index (χ1) is 30.7. The Hall–Kier alpha value is -8.41. The van der Waals surface area contributed by atoms with Gasteiger partial charge in [0.1, 0.15) is 0 Å². The molecule has 0 bridgehead atoms. The van der Waals surface area contributed by atoms with Gasteiger partial charge < -0.3 is 9.13 Å². The molecule has 5 nitrogen and oxygen atoms in total. The molecule has 0 unspecified atom stereocenters. The van der Waals surface area contributed by atoms with E-state index < -0.39 is 0 Å². The molecule has 13 aromatic rings. The normalized spacial score (nSPS) is 11.9. The maximum Gasteiger partial charge on any atom is 0.164 e. The topological polar surface area (TPSA) is 48.5 Å². The highest BCUT2D eigenvalue weighted by atomic mass is 15.0. The summed E-state index contributed by atoms with van der Waals surface area (Å²) in [7, 11) is 0. The maximum atomic E-state index is 5.30. The summed E-state index contributed by atoms with van der Waals surface area (Å²) >= 11 is 0. The molecule has 0 atom stereocenters. The smallest absolute Gasteiger partial charge is 0.164 e. The Bertz CT molecular complexity index is 3920. The van der Waals surface area contributed by atoms with E-state index in [0.717, 1.165) is 60.8 Å². The number of rotatable bonds is 5. The summed E-state index contributed by atoms with van der Waals surface area (Å²) in [4.78, 5) is 15.7. The van der Waals surface area contributed by atoms with Crippen molar-refractivity contribution in [1.82, 2.24) is 24.1 Å². The van der Waals surface area contributed by atoms with Crippen LogP contribution in [0.5, 0.6) is 0 Å². The SMILES string of the molecule is c1ccc(-c2nc(-c3ccc4ccccc4c3)nc(-c3cc(-n4c5ccccc5c5cc6c7c8ccccc8ccc7n(-c7ccccc7)c6cc54)cc4ccccc34)n2)cc1. The Balaban J connectivity index is 1.11. The Labute approximate surface area is 356 Å². The van der Waals surface area contributed by atoms with Gasteiger partial charge >= 0.3 is 0 Å². The summed E-state index contributed by atoms with van der Waals surface area (Å²) in [5, 5.41) is 11.9. The predicted molar refractivity (Wildman–Crippen MR) is 257 cm³/mol. The molecule has 0 amide bonds. The largest absolute Gasteiger partial charge is 0.309 e. The molecule has 0 spiro atoms. The van der Waals surface area contributed by atoms with Gasteiger partial charge in [-0.15, -0.1) is 0 Å². The first-order valence-corrected chi connectivity index (χ1v) is 21.0. The molecule has 0 aliphatic heterocycles. The van der Waals surface area contributed by atoms with Crippen LogP contribution in [0, 0.1) is 0 Å². The highest BCUT2D eigenvalue weighted by Crippen LogP contribution is 2.43. The van der Waals surface area contributed by atoms with Crippen LogP contribution in [0.2, 0.25) is 0 Å². The summed E-state index contributed by atoms with van der Waals surface area (Å²) < 4.78 is 4.85. The summed E-state index contributed by atoms with van der Waals surface area (Å²) in [6.45, 7) is 0. The van der Waals surface area contributed by atoms with Gasteiger partial charge in [-0.1, -0.05) is 158 Å². The van der Waals surface area contributed by atoms with Crippen LogP contribution < -0.4 is 0 Å². The van der Waals surface area contributed by atoms with E-state index in [0.29, 0.717) is 17.5 Å². The van der Waals surface area contributed by atoms with Crippen LogP contribution in [0.3, 0.4) is 0 Å². The first-order valence-electron chi connectivity index (χ1n) is 21.0. The highest BCUT2D eigenvalue weighted by Gasteiger charge is 2.22. The fourth-order valence-corrected chi connectivity index (χ4v) is 9.66. The second-order valence-electron chi connectivity index (χ2n) is 16.0. The molecular formula is C57H35N5. The van der Waals surface area contributed by atoms with Crippen LogP contribution in [0.1, 0.15) is 0 Å². The molecule has 3 aromatic heterocycles. The van der Waals surface area contributed by atoms with Gasteiger partial charge in [0.2, 0.25) is 0 Å². The molecule has 13 rings (SSSR count). The van der Waals surface area contributed by atoms with E-state index in [2.05, 4.69) is 203 Å². The van der Waals surface area contributed by atoms with Crippen molar-refractivity contribution in [3.8, 4) is 45.5 Å². The monoisotopic (exact) mass is 789 g/mol. The zero-order valence-electron chi connectivity index (χ0n) is 33.4. The number of para-hydroxylation sites is 2. The van der Waals surface area contributed by atoms with Gasteiger partial charge in [0, 0.05) is 49.6 Å². The van der Waals surface area contributed by atoms with Crippen LogP contribution in [0.15, 0.2) is 212 Å². The molecule has 0 aliphatic carbocycles. The van der Waals surface area contributed by atoms with Crippen molar-refractivity contribution in [2.75, 3.05) is 0 Å². The Morgan fingerprint density at radius 1 is 0.274 bits per heavy atom. The van der Waals surface area contributed by atoms with E-state index in [1.54, 1.807) is 0 Å². The van der Waals surface area contributed by atoms with Gasteiger partial charge in [-0.3, -0.25) is 0 Å². The van der Waals surface area contributed by atoms with Crippen LogP contribution in [-0.2, 0) is 0 Å². The van der Waals surface area contributed by atoms with Crippen molar-refractivity contribution in [3.05, 3.63) is 212 Å². The van der Waals surface area contributed by atoms with Gasteiger partial charge in [0.05, 0.1) is 22.1 Å². The molecule has 0 fully saturated rings. The number of hydrogen-bond donors (Lipinski definition) is 0. The zero-order chi connectivity index (χ0) is 40.7. The van der Waals surface area contributed by atoms with E-state index in [1.165, 1.54) is 43.2 Å². The number of fused-ring (bicyclic) bond motifs is 10. The van der Waals surface area contributed by atoms with E-state index >= 15 is 0 Å². The Morgan fingerprint density at radius 2 is 0.871 bits per heavy atom. The minimum atomic E-state index is 0.624. The van der Waals surface area contributed by atoms with Crippen molar-refractivity contribution in [3.63, 3.8) is 0 Å². The minimum Gasteiger partial charge on any atom is -0.309 e. The number of hydrogen-bond acceptors (Lipinski definition) is 3. The molecule has 0 radical (unpaired) electrons. The number of benzene rings is 10. The van der Waals surface area contributed by atoms with Gasteiger partial charge in [-0.25, -0.2) is 15.0 Å². The minimum absolute atomic E-state index is 0.624. The quantitative estimate of drug-likeness (QED) is 0.174. The maximum absolute atomic E-state index is 5.30. The molecule has 0 saturated heterocycles. The van der Waals surface area contributed by atoms with Crippen molar-refractivity contribution in [2.24, 2.45) is 0 Å². The highest BCUT2D eigenvalue weighted by molar-refractivity contribution is 6.25. The second-order valence-corrected chi connectivity index (χ2v) is 16.0. The van der Waals surface area contributed by atoms with Gasteiger partial charge in [-0.2, -0.15) is 0 Å². The standard InChI is InChI=1S/C57H35N5/c1-3-17-38(18-4-1)55-58-56(41-28-27-36-15-7-8-19-39(36)31-41)60-57(59-55)48-33-43(32-40-20-10-11-23-44(40)48)62-50-26-14-13-25-46(50)47-34-49-53(35-52(47)62)61(42-21-5-2-6-22-42)51-30-29-37-16-9-12-24-45(37)54(49)51/h1-35H. The fraction of sp³-hybridized carbons (Fsp3) is 0. The van der Waals surface area contributed by atoms with E-state index in [4.69, 9.17) is 15.0 Å². The van der Waals surface area contributed by atoms with Crippen molar-refractivity contribution < 1.29 is 0 Å². The lowest BCUT2D eigenvalue weighted by Crippen LogP contribution is -2.02. The average molecular weight is 790 g/mol. The van der Waals surface area contributed by atoms with E-state index in [-0.39, 0.29) is 0 Å². The third-order valence-corrected chi connectivity index (χ3v) is 12.5. The van der Waals surface area contributed by atoms with Gasteiger partial charge in [0.25, 0.3) is 0 Å². The summed E-state index contributed by atoms with van der Waals surface area (Å²) in [6.07, 6.45) is 0. The molecular weight excluding hydrogens is 755 g/mol. The van der Waals surface area contributed by atoms with Crippen LogP contribution in [-0.4, -0.2) is 24.1 Å². The van der Waals surface area contributed by atoms with Crippen molar-refractivity contribution in [2.45, 2.75) is 0 Å². The Kier molecular flexibility index (Phi) is 7.54. The molecule has 0 N–H and O–H groups in total. The van der Waals surface area contributed by atoms with Crippen LogP contribution in [0.25, 0.3) is 121 Å². The molecule has 288 valence electrons. The third-order valence-electron chi connectivity index (χ3n) is 12.5. The molecule has 62 heavy (non-hydrogen) atoms. The molecule has 5 heteroatoms. The molecule has 10 aromatic carbocycles. The Morgan fingerprint density at radius 3 is 1.69 bits per heavy atom. The molecule has 0 saturated carbocycles. The molecule has 0 aliphatic rings. The fourth-order valence-electron chi connectivity index (χ4n) is 9.66. The lowest BCUT2D eigenvalue weighted by molar-refractivity contribution is 1.07. The summed E-state index contributed by atoms with van der Waals surface area (Å²) in [5.41, 5.74) is 9.59. The van der Waals surface area contributed by atoms with Crippen LogP contribution >= 0.6 is 0 Å². The van der Waals surface area contributed by atoms with Crippen LogP contribution in [0.4, 0.5) is 0 Å². The number of nitrogens with zero attached hydrogens (tertiary/aromatic N) is 5. The zero-order valence-corrected chi connectivity index (χ0v) is 33.4.